The Morgan fingerprint density at radius 3 is 2.61 bits per heavy atom. The topological polar surface area (TPSA) is 68.9 Å². The average Bonchev–Trinajstić information content (AvgIpc) is 2.87. The average molecular weight is 317 g/mol. The van der Waals surface area contributed by atoms with Crippen LogP contribution in [0.4, 0.5) is 5.69 Å². The fraction of sp³-hybridized carbons (Fsp3) is 0.611. The zero-order valence-electron chi connectivity index (χ0n) is 14.1. The monoisotopic (exact) mass is 317 g/mol. The number of aliphatic imine (C=N–C) groups is 1. The molecule has 0 aromatic heterocycles. The Labute approximate surface area is 138 Å². The molecule has 126 valence electrons. The number of hydrogen-bond acceptors (Lipinski definition) is 3. The van der Waals surface area contributed by atoms with Crippen molar-refractivity contribution < 1.29 is 9.47 Å². The minimum atomic E-state index is -0.339. The molecule has 1 unspecified atom stereocenters. The molecule has 1 aromatic rings. The molecule has 1 saturated carbocycles. The smallest absolute Gasteiger partial charge is 0.193 e. The van der Waals surface area contributed by atoms with E-state index in [2.05, 4.69) is 42.4 Å². The van der Waals surface area contributed by atoms with Crippen LogP contribution in [0.2, 0.25) is 0 Å². The van der Waals surface area contributed by atoms with Crippen molar-refractivity contribution >= 4 is 11.6 Å². The fourth-order valence-corrected chi connectivity index (χ4v) is 3.49. The third kappa shape index (κ3) is 4.24. The zero-order chi connectivity index (χ0) is 16.3. The second-order valence-corrected chi connectivity index (χ2v) is 6.75. The van der Waals surface area contributed by atoms with Gasteiger partial charge < -0.3 is 20.5 Å². The van der Waals surface area contributed by atoms with E-state index in [9.17, 15) is 0 Å². The largest absolute Gasteiger partial charge is 0.370 e. The Hall–Kier alpha value is -1.59. The molecule has 1 spiro atoms. The van der Waals surface area contributed by atoms with E-state index < -0.39 is 0 Å². The summed E-state index contributed by atoms with van der Waals surface area (Å²) in [4.78, 5) is 4.42. The van der Waals surface area contributed by atoms with Crippen LogP contribution in [-0.2, 0) is 9.47 Å². The van der Waals surface area contributed by atoms with Crippen LogP contribution in [0.15, 0.2) is 23.2 Å². The van der Waals surface area contributed by atoms with E-state index in [0.29, 0.717) is 19.1 Å². The van der Waals surface area contributed by atoms with Gasteiger partial charge >= 0.3 is 0 Å². The number of aryl methyl sites for hydroxylation is 2. The van der Waals surface area contributed by atoms with Crippen LogP contribution in [0, 0.1) is 13.8 Å². The molecule has 1 saturated heterocycles. The van der Waals surface area contributed by atoms with Crippen LogP contribution in [0.1, 0.15) is 43.2 Å². The van der Waals surface area contributed by atoms with Crippen molar-refractivity contribution in [1.82, 2.24) is 0 Å². The van der Waals surface area contributed by atoms with Gasteiger partial charge in [0.2, 0.25) is 0 Å². The molecule has 5 nitrogen and oxygen atoms in total. The van der Waals surface area contributed by atoms with Crippen LogP contribution >= 0.6 is 0 Å². The third-order valence-corrected chi connectivity index (χ3v) is 4.49. The lowest BCUT2D eigenvalue weighted by atomic mass is 9.94. The van der Waals surface area contributed by atoms with Crippen LogP contribution < -0.4 is 11.1 Å². The van der Waals surface area contributed by atoms with Gasteiger partial charge in [-0.2, -0.15) is 0 Å². The summed E-state index contributed by atoms with van der Waals surface area (Å²) in [7, 11) is 0. The number of nitrogens with zero attached hydrogens (tertiary/aromatic N) is 1. The van der Waals surface area contributed by atoms with Crippen LogP contribution in [0.3, 0.4) is 0 Å². The summed E-state index contributed by atoms with van der Waals surface area (Å²) in [6.45, 7) is 5.28. The second-order valence-electron chi connectivity index (χ2n) is 6.75. The molecule has 3 N–H and O–H groups in total. The minimum Gasteiger partial charge on any atom is -0.370 e. The Balaban J connectivity index is 1.53. The number of anilines is 1. The van der Waals surface area contributed by atoms with Gasteiger partial charge in [0, 0.05) is 18.5 Å². The first kappa shape index (κ1) is 16.3. The SMILES string of the molecule is Cc1cc(C)cc(NC(N)=NCC2COC3(CCCCC3)O2)c1. The molecule has 0 amide bonds. The van der Waals surface area contributed by atoms with Crippen molar-refractivity contribution in [3.8, 4) is 0 Å². The first-order valence-corrected chi connectivity index (χ1v) is 8.52. The minimum absolute atomic E-state index is 0.00713. The summed E-state index contributed by atoms with van der Waals surface area (Å²) in [5, 5.41) is 3.15. The molecule has 1 aliphatic heterocycles. The Bertz CT molecular complexity index is 559. The molecular formula is C18H27N3O2. The molecule has 3 rings (SSSR count). The van der Waals surface area contributed by atoms with Gasteiger partial charge in [-0.25, -0.2) is 0 Å². The first-order valence-electron chi connectivity index (χ1n) is 8.52. The van der Waals surface area contributed by atoms with Gasteiger partial charge in [0.05, 0.1) is 13.2 Å². The molecule has 5 heteroatoms. The maximum Gasteiger partial charge on any atom is 0.193 e. The molecule has 1 aromatic carbocycles. The standard InChI is InChI=1S/C18H27N3O2/c1-13-8-14(2)10-15(9-13)21-17(19)20-11-16-12-22-18(23-16)6-4-3-5-7-18/h8-10,16H,3-7,11-12H2,1-2H3,(H3,19,20,21). The highest BCUT2D eigenvalue weighted by Gasteiger charge is 2.41. The number of guanidine groups is 1. The molecule has 1 heterocycles. The van der Waals surface area contributed by atoms with Crippen LogP contribution in [-0.4, -0.2) is 31.0 Å². The molecular weight excluding hydrogens is 290 g/mol. The highest BCUT2D eigenvalue weighted by atomic mass is 16.7. The van der Waals surface area contributed by atoms with Gasteiger partial charge in [-0.05, 0) is 49.9 Å². The maximum absolute atomic E-state index is 6.12. The van der Waals surface area contributed by atoms with E-state index in [4.69, 9.17) is 15.2 Å². The van der Waals surface area contributed by atoms with Gasteiger partial charge in [-0.1, -0.05) is 12.5 Å². The predicted octanol–water partition coefficient (Wildman–Crippen LogP) is 3.11. The number of rotatable bonds is 3. The molecule has 2 aliphatic rings. The fourth-order valence-electron chi connectivity index (χ4n) is 3.49. The summed E-state index contributed by atoms with van der Waals surface area (Å²) < 4.78 is 12.0. The summed E-state index contributed by atoms with van der Waals surface area (Å²) in [5.41, 5.74) is 9.37. The Kier molecular flexibility index (Phi) is 4.87. The van der Waals surface area contributed by atoms with E-state index >= 15 is 0 Å². The molecule has 1 aliphatic carbocycles. The van der Waals surface area contributed by atoms with E-state index in [1.165, 1.54) is 30.4 Å². The van der Waals surface area contributed by atoms with Gasteiger partial charge in [0.1, 0.15) is 6.10 Å². The molecule has 0 radical (unpaired) electrons. The van der Waals surface area contributed by atoms with E-state index in [1.807, 2.05) is 0 Å². The van der Waals surface area contributed by atoms with Gasteiger partial charge in [-0.15, -0.1) is 0 Å². The number of nitrogens with one attached hydrogen (secondary N) is 1. The molecule has 23 heavy (non-hydrogen) atoms. The highest BCUT2D eigenvalue weighted by Crippen LogP contribution is 2.37. The Morgan fingerprint density at radius 2 is 1.91 bits per heavy atom. The van der Waals surface area contributed by atoms with Gasteiger partial charge in [0.15, 0.2) is 11.7 Å². The molecule has 0 bridgehead atoms. The summed E-state index contributed by atoms with van der Waals surface area (Å²) in [5.74, 6) is 0.0806. The lowest BCUT2D eigenvalue weighted by molar-refractivity contribution is -0.186. The highest BCUT2D eigenvalue weighted by molar-refractivity contribution is 5.92. The van der Waals surface area contributed by atoms with E-state index in [-0.39, 0.29) is 11.9 Å². The summed E-state index contributed by atoms with van der Waals surface area (Å²) in [6, 6.07) is 6.25. The predicted molar refractivity (Wildman–Crippen MR) is 92.7 cm³/mol. The van der Waals surface area contributed by atoms with Gasteiger partial charge in [0.25, 0.3) is 0 Å². The lowest BCUT2D eigenvalue weighted by Crippen LogP contribution is -2.34. The van der Waals surface area contributed by atoms with Crippen molar-refractivity contribution in [3.63, 3.8) is 0 Å². The summed E-state index contributed by atoms with van der Waals surface area (Å²) in [6.07, 6.45) is 5.67. The van der Waals surface area contributed by atoms with Crippen molar-refractivity contribution in [2.45, 2.75) is 57.8 Å². The maximum atomic E-state index is 6.12. The molecule has 1 atom stereocenters. The summed E-state index contributed by atoms with van der Waals surface area (Å²) >= 11 is 0. The zero-order valence-corrected chi connectivity index (χ0v) is 14.1. The molecule has 2 fully saturated rings. The number of ether oxygens (including phenoxy) is 2. The quantitative estimate of drug-likeness (QED) is 0.664. The van der Waals surface area contributed by atoms with Crippen molar-refractivity contribution in [1.29, 1.82) is 0 Å². The lowest BCUT2D eigenvalue weighted by Gasteiger charge is -2.31. The first-order chi connectivity index (χ1) is 11.0. The number of nitrogens with two attached hydrogens (primary N) is 1. The number of hydrogen-bond donors (Lipinski definition) is 2. The van der Waals surface area contributed by atoms with E-state index in [0.717, 1.165) is 18.5 Å². The normalized spacial score (nSPS) is 24.1. The van der Waals surface area contributed by atoms with Gasteiger partial charge in [-0.3, -0.25) is 4.99 Å². The number of benzene rings is 1. The Morgan fingerprint density at radius 1 is 1.22 bits per heavy atom. The van der Waals surface area contributed by atoms with Crippen LogP contribution in [0.5, 0.6) is 0 Å². The van der Waals surface area contributed by atoms with Crippen LogP contribution in [0.25, 0.3) is 0 Å². The van der Waals surface area contributed by atoms with Crippen molar-refractivity contribution in [3.05, 3.63) is 29.3 Å². The second kappa shape index (κ2) is 6.89. The van der Waals surface area contributed by atoms with E-state index in [1.54, 1.807) is 0 Å². The third-order valence-electron chi connectivity index (χ3n) is 4.49. The van der Waals surface area contributed by atoms with Crippen molar-refractivity contribution in [2.24, 2.45) is 10.7 Å². The van der Waals surface area contributed by atoms with Crippen molar-refractivity contribution in [2.75, 3.05) is 18.5 Å².